The zero-order chi connectivity index (χ0) is 24.8. The molecular formula is C27H25F3N2O3. The molecule has 0 atom stereocenters. The minimum absolute atomic E-state index is 0.110. The molecule has 1 aliphatic heterocycles. The van der Waals surface area contributed by atoms with Gasteiger partial charge in [0.2, 0.25) is 0 Å². The van der Waals surface area contributed by atoms with Gasteiger partial charge >= 0.3 is 6.18 Å². The van der Waals surface area contributed by atoms with Crippen LogP contribution >= 0.6 is 0 Å². The van der Waals surface area contributed by atoms with Crippen molar-refractivity contribution in [3.63, 3.8) is 0 Å². The molecule has 0 radical (unpaired) electrons. The SMILES string of the molecule is O=C1NCCCc2ccccc2CN(C(=O)c2ccc(C(F)(F)F)cc2)CCOc2ccccc21. The molecule has 8 heteroatoms. The molecule has 1 aliphatic rings. The summed E-state index contributed by atoms with van der Waals surface area (Å²) in [5.41, 5.74) is 1.75. The minimum Gasteiger partial charge on any atom is -0.491 e. The normalized spacial score (nSPS) is 15.2. The number of para-hydroxylation sites is 1. The lowest BCUT2D eigenvalue weighted by Gasteiger charge is -2.25. The highest BCUT2D eigenvalue weighted by molar-refractivity contribution is 5.97. The second kappa shape index (κ2) is 10.6. The molecule has 35 heavy (non-hydrogen) atoms. The molecule has 0 aliphatic carbocycles. The molecule has 0 saturated heterocycles. The molecular weight excluding hydrogens is 457 g/mol. The van der Waals surface area contributed by atoms with Crippen LogP contribution in [0.4, 0.5) is 13.2 Å². The highest BCUT2D eigenvalue weighted by Gasteiger charge is 2.30. The maximum atomic E-state index is 13.3. The molecule has 0 fully saturated rings. The predicted molar refractivity (Wildman–Crippen MR) is 125 cm³/mol. The number of alkyl halides is 3. The second-order valence-electron chi connectivity index (χ2n) is 8.27. The Morgan fingerprint density at radius 3 is 2.34 bits per heavy atom. The summed E-state index contributed by atoms with van der Waals surface area (Å²) >= 11 is 0. The van der Waals surface area contributed by atoms with Crippen LogP contribution in [0.5, 0.6) is 5.75 Å². The monoisotopic (exact) mass is 482 g/mol. The van der Waals surface area contributed by atoms with E-state index in [0.717, 1.165) is 23.3 Å². The van der Waals surface area contributed by atoms with Gasteiger partial charge in [0.05, 0.1) is 17.7 Å². The van der Waals surface area contributed by atoms with E-state index >= 15 is 0 Å². The third-order valence-corrected chi connectivity index (χ3v) is 5.88. The Balaban J connectivity index is 1.62. The van der Waals surface area contributed by atoms with Crippen LogP contribution in [-0.4, -0.2) is 36.4 Å². The molecule has 3 aromatic rings. The highest BCUT2D eigenvalue weighted by atomic mass is 19.4. The van der Waals surface area contributed by atoms with Crippen molar-refractivity contribution >= 4 is 11.8 Å². The number of carbonyl (C=O) groups is 2. The van der Waals surface area contributed by atoms with Crippen molar-refractivity contribution in [2.45, 2.75) is 25.6 Å². The van der Waals surface area contributed by atoms with Crippen LogP contribution < -0.4 is 10.1 Å². The van der Waals surface area contributed by atoms with Gasteiger partial charge in [0.25, 0.3) is 11.8 Å². The van der Waals surface area contributed by atoms with Crippen molar-refractivity contribution < 1.29 is 27.5 Å². The fourth-order valence-corrected chi connectivity index (χ4v) is 4.02. The number of halogens is 3. The Bertz CT molecular complexity index is 1190. The fraction of sp³-hybridized carbons (Fsp3) is 0.259. The van der Waals surface area contributed by atoms with Gasteiger partial charge in [-0.3, -0.25) is 9.59 Å². The number of hydrogen-bond donors (Lipinski definition) is 1. The Kier molecular flexibility index (Phi) is 7.39. The van der Waals surface area contributed by atoms with Crippen LogP contribution in [0.1, 0.15) is 43.8 Å². The van der Waals surface area contributed by atoms with Gasteiger partial charge in [0, 0.05) is 18.7 Å². The minimum atomic E-state index is -4.47. The molecule has 182 valence electrons. The topological polar surface area (TPSA) is 58.6 Å². The molecule has 1 N–H and O–H groups in total. The first-order valence-electron chi connectivity index (χ1n) is 11.4. The third-order valence-electron chi connectivity index (χ3n) is 5.88. The lowest BCUT2D eigenvalue weighted by molar-refractivity contribution is -0.137. The average molecular weight is 483 g/mol. The predicted octanol–water partition coefficient (Wildman–Crippen LogP) is 5.10. The molecule has 0 spiro atoms. The van der Waals surface area contributed by atoms with E-state index in [-0.39, 0.29) is 31.2 Å². The maximum absolute atomic E-state index is 13.3. The van der Waals surface area contributed by atoms with Gasteiger partial charge in [-0.05, 0) is 60.4 Å². The van der Waals surface area contributed by atoms with Crippen LogP contribution in [0, 0.1) is 0 Å². The highest BCUT2D eigenvalue weighted by Crippen LogP contribution is 2.29. The first-order chi connectivity index (χ1) is 16.8. The molecule has 3 aromatic carbocycles. The molecule has 4 rings (SSSR count). The largest absolute Gasteiger partial charge is 0.491 e. The van der Waals surface area contributed by atoms with Crippen LogP contribution in [0.2, 0.25) is 0 Å². The summed E-state index contributed by atoms with van der Waals surface area (Å²) in [7, 11) is 0. The summed E-state index contributed by atoms with van der Waals surface area (Å²) in [5.74, 6) is -0.219. The van der Waals surface area contributed by atoms with Crippen molar-refractivity contribution in [3.05, 3.63) is 101 Å². The van der Waals surface area contributed by atoms with Gasteiger partial charge in [-0.2, -0.15) is 13.2 Å². The fourth-order valence-electron chi connectivity index (χ4n) is 4.02. The quantitative estimate of drug-likeness (QED) is 0.525. The number of carbonyl (C=O) groups excluding carboxylic acids is 2. The zero-order valence-electron chi connectivity index (χ0n) is 19.0. The van der Waals surface area contributed by atoms with Crippen molar-refractivity contribution in [2.75, 3.05) is 19.7 Å². The number of benzene rings is 3. The third kappa shape index (κ3) is 6.01. The first kappa shape index (κ1) is 24.3. The molecule has 0 unspecified atom stereocenters. The standard InChI is InChI=1S/C27H25F3N2O3/c28-27(29,30)22-13-11-20(12-14-22)26(34)32-16-17-35-24-10-4-3-9-23(24)25(33)31-15-5-8-19-6-1-2-7-21(19)18-32/h1-4,6-7,9-14H,5,8,15-18H2,(H,31,33). The van der Waals surface area contributed by atoms with Gasteiger partial charge in [-0.25, -0.2) is 0 Å². The van der Waals surface area contributed by atoms with E-state index in [4.69, 9.17) is 4.74 Å². The van der Waals surface area contributed by atoms with Crippen LogP contribution in [0.3, 0.4) is 0 Å². The lowest BCUT2D eigenvalue weighted by atomic mass is 10.0. The molecule has 0 aromatic heterocycles. The lowest BCUT2D eigenvalue weighted by Crippen LogP contribution is -2.35. The number of ether oxygens (including phenoxy) is 1. The summed E-state index contributed by atoms with van der Waals surface area (Å²) in [5, 5.41) is 2.92. The molecule has 5 nitrogen and oxygen atoms in total. The van der Waals surface area contributed by atoms with Crippen molar-refractivity contribution in [3.8, 4) is 5.75 Å². The van der Waals surface area contributed by atoms with Gasteiger partial charge in [0.15, 0.2) is 0 Å². The number of hydrogen-bond acceptors (Lipinski definition) is 3. The Hall–Kier alpha value is -3.81. The van der Waals surface area contributed by atoms with Crippen molar-refractivity contribution in [1.29, 1.82) is 0 Å². The van der Waals surface area contributed by atoms with Crippen LogP contribution in [-0.2, 0) is 19.1 Å². The smallest absolute Gasteiger partial charge is 0.416 e. The first-order valence-corrected chi connectivity index (χ1v) is 11.4. The molecule has 2 amide bonds. The van der Waals surface area contributed by atoms with E-state index in [2.05, 4.69) is 5.32 Å². The number of nitrogens with zero attached hydrogens (tertiary/aromatic N) is 1. The Morgan fingerprint density at radius 2 is 1.60 bits per heavy atom. The average Bonchev–Trinajstić information content (AvgIpc) is 2.85. The van der Waals surface area contributed by atoms with Gasteiger partial charge < -0.3 is 15.0 Å². The second-order valence-corrected chi connectivity index (χ2v) is 8.27. The molecule has 0 saturated carbocycles. The number of amides is 2. The Morgan fingerprint density at radius 1 is 0.914 bits per heavy atom. The number of rotatable bonds is 1. The van der Waals surface area contributed by atoms with E-state index in [1.54, 1.807) is 29.2 Å². The zero-order valence-corrected chi connectivity index (χ0v) is 19.0. The van der Waals surface area contributed by atoms with Gasteiger partial charge in [-0.15, -0.1) is 0 Å². The van der Waals surface area contributed by atoms with Crippen molar-refractivity contribution in [1.82, 2.24) is 10.2 Å². The van der Waals surface area contributed by atoms with Crippen LogP contribution in [0.15, 0.2) is 72.8 Å². The summed E-state index contributed by atoms with van der Waals surface area (Å²) in [4.78, 5) is 27.5. The van der Waals surface area contributed by atoms with Crippen LogP contribution in [0.25, 0.3) is 0 Å². The number of aryl methyl sites for hydroxylation is 1. The van der Waals surface area contributed by atoms with E-state index < -0.39 is 17.6 Å². The van der Waals surface area contributed by atoms with Crippen molar-refractivity contribution in [2.24, 2.45) is 0 Å². The maximum Gasteiger partial charge on any atom is 0.416 e. The van der Waals surface area contributed by atoms with E-state index in [0.29, 0.717) is 30.7 Å². The van der Waals surface area contributed by atoms with E-state index in [9.17, 15) is 22.8 Å². The summed E-state index contributed by atoms with van der Waals surface area (Å²) in [6.07, 6.45) is -3.06. The summed E-state index contributed by atoms with van der Waals surface area (Å²) in [6.45, 7) is 1.06. The van der Waals surface area contributed by atoms with E-state index in [1.807, 2.05) is 24.3 Å². The van der Waals surface area contributed by atoms with Gasteiger partial charge in [0.1, 0.15) is 12.4 Å². The summed E-state index contributed by atoms with van der Waals surface area (Å²) < 4.78 is 44.8. The molecule has 1 heterocycles. The van der Waals surface area contributed by atoms with E-state index in [1.165, 1.54) is 12.1 Å². The number of fused-ring (bicyclic) bond motifs is 2. The van der Waals surface area contributed by atoms with Gasteiger partial charge in [-0.1, -0.05) is 36.4 Å². The summed E-state index contributed by atoms with van der Waals surface area (Å²) in [6, 6.07) is 18.8. The Labute approximate surface area is 201 Å². The number of nitrogens with one attached hydrogen (secondary N) is 1. The molecule has 0 bridgehead atoms.